The summed E-state index contributed by atoms with van der Waals surface area (Å²) in [6.07, 6.45) is 2.01. The van der Waals surface area contributed by atoms with Crippen molar-refractivity contribution >= 4 is 0 Å². The van der Waals surface area contributed by atoms with Gasteiger partial charge in [-0.3, -0.25) is 5.32 Å². The molecule has 1 unspecified atom stereocenters. The molecule has 0 spiro atoms. The average Bonchev–Trinajstić information content (AvgIpc) is 2.39. The fourth-order valence-corrected chi connectivity index (χ4v) is 1.50. The first kappa shape index (κ1) is 13.5. The molecule has 0 aliphatic heterocycles. The molecule has 3 heteroatoms. The summed E-state index contributed by atoms with van der Waals surface area (Å²) in [5.74, 6) is 0.836. The first-order chi connectivity index (χ1) is 8.30. The highest BCUT2D eigenvalue weighted by Crippen LogP contribution is 2.13. The van der Waals surface area contributed by atoms with Crippen LogP contribution in [-0.2, 0) is 6.42 Å². The standard InChI is InChI=1S/C14H20N2O/c1-3-8-16-13(10-15)11-17-14-7-5-6-12(4-2)9-14/h5-7,9,13,16H,3-4,8,11H2,1-2H3. The van der Waals surface area contributed by atoms with Crippen LogP contribution >= 0.6 is 0 Å². The Labute approximate surface area is 103 Å². The van der Waals surface area contributed by atoms with Crippen LogP contribution in [0.3, 0.4) is 0 Å². The summed E-state index contributed by atoms with van der Waals surface area (Å²) in [6.45, 7) is 5.42. The summed E-state index contributed by atoms with van der Waals surface area (Å²) in [6, 6.07) is 9.96. The maximum atomic E-state index is 8.94. The zero-order valence-electron chi connectivity index (χ0n) is 10.6. The van der Waals surface area contributed by atoms with Crippen molar-refractivity contribution in [3.63, 3.8) is 0 Å². The quantitative estimate of drug-likeness (QED) is 0.785. The molecule has 0 bridgehead atoms. The number of ether oxygens (including phenoxy) is 1. The predicted octanol–water partition coefficient (Wildman–Crippen LogP) is 2.52. The second-order valence-corrected chi connectivity index (χ2v) is 3.95. The van der Waals surface area contributed by atoms with Gasteiger partial charge in [0.15, 0.2) is 0 Å². The first-order valence-electron chi connectivity index (χ1n) is 6.14. The van der Waals surface area contributed by atoms with E-state index in [-0.39, 0.29) is 6.04 Å². The highest BCUT2D eigenvalue weighted by molar-refractivity contribution is 5.28. The fourth-order valence-electron chi connectivity index (χ4n) is 1.50. The lowest BCUT2D eigenvalue weighted by Gasteiger charge is -2.12. The molecule has 1 rings (SSSR count). The van der Waals surface area contributed by atoms with Crippen molar-refractivity contribution in [2.24, 2.45) is 0 Å². The lowest BCUT2D eigenvalue weighted by atomic mass is 10.2. The smallest absolute Gasteiger partial charge is 0.130 e. The Balaban J connectivity index is 2.45. The molecule has 92 valence electrons. The third kappa shape index (κ3) is 4.88. The number of rotatable bonds is 7. The minimum atomic E-state index is -0.236. The highest BCUT2D eigenvalue weighted by atomic mass is 16.5. The number of nitriles is 1. The van der Waals surface area contributed by atoms with Crippen LogP contribution in [0.4, 0.5) is 0 Å². The maximum absolute atomic E-state index is 8.94. The molecule has 0 aliphatic rings. The number of benzene rings is 1. The minimum absolute atomic E-state index is 0.236. The minimum Gasteiger partial charge on any atom is -0.491 e. The molecule has 0 fully saturated rings. The normalized spacial score (nSPS) is 11.8. The fraction of sp³-hybridized carbons (Fsp3) is 0.500. The van der Waals surface area contributed by atoms with Crippen LogP contribution in [0.15, 0.2) is 24.3 Å². The summed E-state index contributed by atoms with van der Waals surface area (Å²) < 4.78 is 5.61. The molecule has 0 aromatic heterocycles. The van der Waals surface area contributed by atoms with Crippen molar-refractivity contribution in [2.75, 3.05) is 13.2 Å². The van der Waals surface area contributed by atoms with E-state index in [1.807, 2.05) is 18.2 Å². The summed E-state index contributed by atoms with van der Waals surface area (Å²) in [4.78, 5) is 0. The molecule has 1 N–H and O–H groups in total. The first-order valence-corrected chi connectivity index (χ1v) is 6.14. The van der Waals surface area contributed by atoms with E-state index in [2.05, 4.69) is 31.3 Å². The van der Waals surface area contributed by atoms with Crippen LogP contribution < -0.4 is 10.1 Å². The molecule has 0 amide bonds. The van der Waals surface area contributed by atoms with Crippen LogP contribution in [0, 0.1) is 11.3 Å². The Hall–Kier alpha value is -1.53. The van der Waals surface area contributed by atoms with Crippen molar-refractivity contribution < 1.29 is 4.74 Å². The van der Waals surface area contributed by atoms with E-state index in [4.69, 9.17) is 10.00 Å². The lowest BCUT2D eigenvalue weighted by Crippen LogP contribution is -2.33. The van der Waals surface area contributed by atoms with Crippen LogP contribution in [0.5, 0.6) is 5.75 Å². The van der Waals surface area contributed by atoms with E-state index < -0.39 is 0 Å². The summed E-state index contributed by atoms with van der Waals surface area (Å²) >= 11 is 0. The lowest BCUT2D eigenvalue weighted by molar-refractivity contribution is 0.289. The molecule has 0 aliphatic carbocycles. The third-order valence-corrected chi connectivity index (χ3v) is 2.52. The van der Waals surface area contributed by atoms with Crippen molar-refractivity contribution in [3.8, 4) is 11.8 Å². The van der Waals surface area contributed by atoms with Gasteiger partial charge in [-0.2, -0.15) is 5.26 Å². The Morgan fingerprint density at radius 1 is 1.41 bits per heavy atom. The van der Waals surface area contributed by atoms with Gasteiger partial charge in [0.25, 0.3) is 0 Å². The number of hydrogen-bond donors (Lipinski definition) is 1. The molecular formula is C14H20N2O. The second-order valence-electron chi connectivity index (χ2n) is 3.95. The Kier molecular flexibility index (Phi) is 6.13. The number of nitrogens with zero attached hydrogens (tertiary/aromatic N) is 1. The van der Waals surface area contributed by atoms with Crippen LogP contribution in [0.1, 0.15) is 25.8 Å². The van der Waals surface area contributed by atoms with Crippen molar-refractivity contribution in [1.82, 2.24) is 5.32 Å². The Morgan fingerprint density at radius 2 is 2.24 bits per heavy atom. The van der Waals surface area contributed by atoms with Crippen LogP contribution in [0.2, 0.25) is 0 Å². The molecule has 0 heterocycles. The molecule has 0 saturated carbocycles. The summed E-state index contributed by atoms with van der Waals surface area (Å²) in [5.41, 5.74) is 1.25. The van der Waals surface area contributed by atoms with Gasteiger partial charge in [0.2, 0.25) is 0 Å². The molecule has 1 atom stereocenters. The van der Waals surface area contributed by atoms with Gasteiger partial charge in [-0.25, -0.2) is 0 Å². The molecular weight excluding hydrogens is 212 g/mol. The van der Waals surface area contributed by atoms with E-state index >= 15 is 0 Å². The van der Waals surface area contributed by atoms with Gasteiger partial charge in [-0.15, -0.1) is 0 Å². The van der Waals surface area contributed by atoms with Crippen molar-refractivity contribution in [3.05, 3.63) is 29.8 Å². The molecule has 0 radical (unpaired) electrons. The Morgan fingerprint density at radius 3 is 2.88 bits per heavy atom. The number of hydrogen-bond acceptors (Lipinski definition) is 3. The Bertz CT molecular complexity index is 371. The molecule has 0 saturated heterocycles. The maximum Gasteiger partial charge on any atom is 0.130 e. The van der Waals surface area contributed by atoms with Gasteiger partial charge < -0.3 is 4.74 Å². The van der Waals surface area contributed by atoms with Crippen LogP contribution in [-0.4, -0.2) is 19.2 Å². The van der Waals surface area contributed by atoms with E-state index in [0.717, 1.165) is 25.1 Å². The third-order valence-electron chi connectivity index (χ3n) is 2.52. The monoisotopic (exact) mass is 232 g/mol. The van der Waals surface area contributed by atoms with Gasteiger partial charge in [-0.1, -0.05) is 26.0 Å². The molecule has 1 aromatic rings. The van der Waals surface area contributed by atoms with E-state index in [0.29, 0.717) is 6.61 Å². The van der Waals surface area contributed by atoms with E-state index in [9.17, 15) is 0 Å². The summed E-state index contributed by atoms with van der Waals surface area (Å²) in [7, 11) is 0. The van der Waals surface area contributed by atoms with E-state index in [1.54, 1.807) is 0 Å². The topological polar surface area (TPSA) is 45.0 Å². The molecule has 1 aromatic carbocycles. The number of aryl methyl sites for hydroxylation is 1. The predicted molar refractivity (Wildman–Crippen MR) is 69.0 cm³/mol. The van der Waals surface area contributed by atoms with Gasteiger partial charge in [-0.05, 0) is 37.1 Å². The van der Waals surface area contributed by atoms with Gasteiger partial charge >= 0.3 is 0 Å². The van der Waals surface area contributed by atoms with Gasteiger partial charge in [0.1, 0.15) is 18.4 Å². The zero-order chi connectivity index (χ0) is 12.5. The van der Waals surface area contributed by atoms with Crippen molar-refractivity contribution in [2.45, 2.75) is 32.7 Å². The van der Waals surface area contributed by atoms with Gasteiger partial charge in [0, 0.05) is 0 Å². The highest BCUT2D eigenvalue weighted by Gasteiger charge is 2.06. The molecule has 17 heavy (non-hydrogen) atoms. The number of nitrogens with one attached hydrogen (secondary N) is 1. The SMILES string of the molecule is CCCNC(C#N)COc1cccc(CC)c1. The molecule has 3 nitrogen and oxygen atoms in total. The summed E-state index contributed by atoms with van der Waals surface area (Å²) in [5, 5.41) is 12.1. The van der Waals surface area contributed by atoms with Crippen molar-refractivity contribution in [1.29, 1.82) is 5.26 Å². The van der Waals surface area contributed by atoms with E-state index in [1.165, 1.54) is 5.56 Å². The van der Waals surface area contributed by atoms with Crippen LogP contribution in [0.25, 0.3) is 0 Å². The van der Waals surface area contributed by atoms with Gasteiger partial charge in [0.05, 0.1) is 6.07 Å². The average molecular weight is 232 g/mol. The largest absolute Gasteiger partial charge is 0.491 e. The zero-order valence-corrected chi connectivity index (χ0v) is 10.6. The second kappa shape index (κ2) is 7.70.